The Kier molecular flexibility index (Phi) is 9.35. The Morgan fingerprint density at radius 3 is 1.89 bits per heavy atom. The summed E-state index contributed by atoms with van der Waals surface area (Å²) < 4.78 is 59.5. The van der Waals surface area contributed by atoms with Crippen LogP contribution in [0.15, 0.2) is 24.6 Å². The van der Waals surface area contributed by atoms with Crippen molar-refractivity contribution in [3.05, 3.63) is 24.6 Å². The van der Waals surface area contributed by atoms with Crippen LogP contribution in [0.25, 0.3) is 0 Å². The number of ether oxygens (including phenoxy) is 1. The second kappa shape index (κ2) is 8.80. The Balaban J connectivity index is 0. The highest BCUT2D eigenvalue weighted by atomic mass is 32.2. The van der Waals surface area contributed by atoms with E-state index in [-0.39, 0.29) is 13.0 Å². The molecule has 10 heteroatoms. The largest absolute Gasteiger partial charge is 0.463 e. The first-order chi connectivity index (χ1) is 8.02. The van der Waals surface area contributed by atoms with E-state index < -0.39 is 32.0 Å². The minimum absolute atomic E-state index is 0.0371. The van der Waals surface area contributed by atoms with E-state index in [9.17, 15) is 21.6 Å². The predicted molar refractivity (Wildman–Crippen MR) is 63.9 cm³/mol. The second-order valence-electron chi connectivity index (χ2n) is 2.69. The molecule has 0 rings (SSSR count). The molecule has 0 aliphatic carbocycles. The van der Waals surface area contributed by atoms with E-state index in [1.54, 1.807) is 0 Å². The normalized spacial score (nSPS) is 10.8. The number of esters is 1. The first-order valence-electron chi connectivity index (χ1n) is 4.36. The molecule has 0 saturated heterocycles. The van der Waals surface area contributed by atoms with E-state index in [0.717, 1.165) is 6.08 Å². The fourth-order valence-electron chi connectivity index (χ4n) is 0.473. The molecule has 0 bridgehead atoms. The fourth-order valence-corrected chi connectivity index (χ4v) is 0.956. The minimum Gasteiger partial charge on any atom is -0.463 e. The van der Waals surface area contributed by atoms with Gasteiger partial charge in [-0.15, -0.1) is 0 Å². The highest BCUT2D eigenvalue weighted by Gasteiger charge is 2.04. The third-order valence-electron chi connectivity index (χ3n) is 1.17. The molecule has 0 saturated carbocycles. The molecule has 0 heterocycles. The van der Waals surface area contributed by atoms with Gasteiger partial charge in [-0.2, -0.15) is 16.8 Å². The molecule has 0 atom stereocenters. The van der Waals surface area contributed by atoms with Gasteiger partial charge in [0.2, 0.25) is 0 Å². The van der Waals surface area contributed by atoms with Gasteiger partial charge in [-0.3, -0.25) is 9.11 Å². The molecule has 0 amide bonds. The van der Waals surface area contributed by atoms with Crippen molar-refractivity contribution in [1.82, 2.24) is 0 Å². The van der Waals surface area contributed by atoms with Crippen LogP contribution in [0.1, 0.15) is 6.42 Å². The van der Waals surface area contributed by atoms with Gasteiger partial charge in [-0.1, -0.05) is 13.2 Å². The molecular weight excluding hydrogens is 288 g/mol. The van der Waals surface area contributed by atoms with Gasteiger partial charge >= 0.3 is 5.97 Å². The lowest BCUT2D eigenvalue weighted by Crippen LogP contribution is -2.09. The van der Waals surface area contributed by atoms with Gasteiger partial charge in [0, 0.05) is 6.08 Å². The van der Waals surface area contributed by atoms with Gasteiger partial charge < -0.3 is 4.74 Å². The zero-order valence-corrected chi connectivity index (χ0v) is 11.0. The summed E-state index contributed by atoms with van der Waals surface area (Å²) in [5, 5.41) is 0.465. The number of hydrogen-bond acceptors (Lipinski definition) is 6. The standard InChI is InChI=1S/C6H10O5S.C2H4O3S/c1-2-6(7)11-4-3-5-12(8,9)10;1-2-6(3,4)5/h2H,1,3-5H2,(H,8,9,10);2H,1H2,(H,3,4,5). The molecule has 18 heavy (non-hydrogen) atoms. The summed E-state index contributed by atoms with van der Waals surface area (Å²) in [7, 11) is -7.84. The molecule has 0 aromatic carbocycles. The predicted octanol–water partition coefficient (Wildman–Crippen LogP) is 0.0112. The average Bonchev–Trinajstić information content (AvgIpc) is 2.22. The molecule has 0 spiro atoms. The van der Waals surface area contributed by atoms with Gasteiger partial charge in [0.05, 0.1) is 17.8 Å². The van der Waals surface area contributed by atoms with Crippen LogP contribution in [0.3, 0.4) is 0 Å². The maximum Gasteiger partial charge on any atom is 0.330 e. The van der Waals surface area contributed by atoms with E-state index in [1.165, 1.54) is 0 Å². The second-order valence-corrected chi connectivity index (χ2v) is 5.63. The summed E-state index contributed by atoms with van der Waals surface area (Å²) in [5.41, 5.74) is 0. The summed E-state index contributed by atoms with van der Waals surface area (Å²) in [6.45, 7) is 5.90. The maximum atomic E-state index is 10.4. The first kappa shape index (κ1) is 19.1. The van der Waals surface area contributed by atoms with E-state index in [0.29, 0.717) is 5.41 Å². The van der Waals surface area contributed by atoms with Crippen LogP contribution in [-0.2, 0) is 29.8 Å². The molecule has 2 N–H and O–H groups in total. The topological polar surface area (TPSA) is 135 Å². The molecule has 0 aliphatic rings. The van der Waals surface area contributed by atoms with Crippen LogP contribution < -0.4 is 0 Å². The Morgan fingerprint density at radius 1 is 1.17 bits per heavy atom. The number of carbonyl (C=O) groups excluding carboxylic acids is 1. The van der Waals surface area contributed by atoms with E-state index in [1.807, 2.05) is 0 Å². The van der Waals surface area contributed by atoms with Crippen molar-refractivity contribution in [3.63, 3.8) is 0 Å². The molecule has 0 aliphatic heterocycles. The highest BCUT2D eigenvalue weighted by Crippen LogP contribution is 1.90. The third kappa shape index (κ3) is 20.2. The smallest absolute Gasteiger partial charge is 0.330 e. The van der Waals surface area contributed by atoms with Crippen LogP contribution in [-0.4, -0.2) is 44.3 Å². The lowest BCUT2D eigenvalue weighted by Gasteiger charge is -1.99. The van der Waals surface area contributed by atoms with E-state index in [2.05, 4.69) is 17.9 Å². The maximum absolute atomic E-state index is 10.4. The molecule has 106 valence electrons. The highest BCUT2D eigenvalue weighted by molar-refractivity contribution is 7.88. The van der Waals surface area contributed by atoms with Crippen LogP contribution in [0.5, 0.6) is 0 Å². The average molecular weight is 302 g/mol. The molecule has 0 aromatic rings. The van der Waals surface area contributed by atoms with Gasteiger partial charge in [0.1, 0.15) is 0 Å². The van der Waals surface area contributed by atoms with Gasteiger partial charge in [0.25, 0.3) is 20.2 Å². The van der Waals surface area contributed by atoms with E-state index >= 15 is 0 Å². The third-order valence-corrected chi connectivity index (χ3v) is 2.39. The Labute approximate surface area is 105 Å². The van der Waals surface area contributed by atoms with Gasteiger partial charge in [-0.25, -0.2) is 4.79 Å². The van der Waals surface area contributed by atoms with Crippen LogP contribution in [0.2, 0.25) is 0 Å². The van der Waals surface area contributed by atoms with E-state index in [4.69, 9.17) is 9.11 Å². The van der Waals surface area contributed by atoms with Crippen LogP contribution >= 0.6 is 0 Å². The van der Waals surface area contributed by atoms with Crippen LogP contribution in [0.4, 0.5) is 0 Å². The van der Waals surface area contributed by atoms with Gasteiger partial charge in [-0.05, 0) is 6.42 Å². The number of carbonyl (C=O) groups is 1. The molecule has 0 fully saturated rings. The van der Waals surface area contributed by atoms with Crippen molar-refractivity contribution in [2.24, 2.45) is 0 Å². The first-order valence-corrected chi connectivity index (χ1v) is 7.47. The number of hydrogen-bond donors (Lipinski definition) is 2. The summed E-state index contributed by atoms with van der Waals surface area (Å²) >= 11 is 0. The lowest BCUT2D eigenvalue weighted by molar-refractivity contribution is -0.137. The monoisotopic (exact) mass is 302 g/mol. The zero-order chi connectivity index (χ0) is 14.8. The quantitative estimate of drug-likeness (QED) is 0.303. The summed E-state index contributed by atoms with van der Waals surface area (Å²) in [5.74, 6) is -1.01. The Bertz CT molecular complexity index is 462. The fraction of sp³-hybridized carbons (Fsp3) is 0.375. The lowest BCUT2D eigenvalue weighted by atomic mass is 10.5. The Morgan fingerprint density at radius 2 is 1.61 bits per heavy atom. The molecule has 0 unspecified atom stereocenters. The minimum atomic E-state index is -3.95. The van der Waals surface area contributed by atoms with Crippen molar-refractivity contribution < 1.29 is 35.5 Å². The Hall–Kier alpha value is -1.23. The molecule has 0 aromatic heterocycles. The van der Waals surface area contributed by atoms with Crippen molar-refractivity contribution in [2.45, 2.75) is 6.42 Å². The summed E-state index contributed by atoms with van der Waals surface area (Å²) in [4.78, 5) is 10.4. The van der Waals surface area contributed by atoms with Gasteiger partial charge in [0.15, 0.2) is 0 Å². The zero-order valence-electron chi connectivity index (χ0n) is 9.35. The van der Waals surface area contributed by atoms with Crippen molar-refractivity contribution in [1.29, 1.82) is 0 Å². The number of rotatable bonds is 6. The summed E-state index contributed by atoms with van der Waals surface area (Å²) in [6, 6.07) is 0. The molecule has 0 radical (unpaired) electrons. The SMILES string of the molecule is C=CC(=O)OCCCS(=O)(=O)O.C=CS(=O)(=O)O. The summed E-state index contributed by atoms with van der Waals surface area (Å²) in [6.07, 6.45) is 1.06. The molecule has 8 nitrogen and oxygen atoms in total. The van der Waals surface area contributed by atoms with Crippen molar-refractivity contribution in [2.75, 3.05) is 12.4 Å². The van der Waals surface area contributed by atoms with Crippen molar-refractivity contribution in [3.8, 4) is 0 Å². The molecular formula is C8H14O8S2. The van der Waals surface area contributed by atoms with Crippen molar-refractivity contribution >= 4 is 26.2 Å². The van der Waals surface area contributed by atoms with Crippen LogP contribution in [0, 0.1) is 0 Å².